The number of aromatic nitrogens is 6. The molecule has 484 valence electrons. The Morgan fingerprint density at radius 2 is 0.650 bits per heavy atom. The first kappa shape index (κ1) is 88.5. The van der Waals surface area contributed by atoms with E-state index in [1.165, 1.54) is 24.3 Å². The van der Waals surface area contributed by atoms with Gasteiger partial charge in [0.05, 0.1) is 62.9 Å². The van der Waals surface area contributed by atoms with E-state index in [1.807, 2.05) is 0 Å². The van der Waals surface area contributed by atoms with Crippen LogP contribution in [0.1, 0.15) is 11.1 Å². The zero-order valence-electron chi connectivity index (χ0n) is 51.8. The first-order chi connectivity index (χ1) is 44.0. The molecule has 2 aromatic heterocycles. The van der Waals surface area contributed by atoms with Crippen LogP contribution in [0.25, 0.3) is 33.7 Å². The number of anilines is 8. The Kier molecular flexibility index (Phi) is 31.4. The van der Waals surface area contributed by atoms with Crippen LogP contribution in [0.15, 0.2) is 183 Å². The monoisotopic (exact) mass is 1570 g/mol. The first-order valence-electron chi connectivity index (χ1n) is 25.2. The van der Waals surface area contributed by atoms with E-state index >= 15 is 0 Å². The second-order valence-electron chi connectivity index (χ2n) is 18.8. The van der Waals surface area contributed by atoms with Crippen molar-refractivity contribution < 1.29 is 265 Å². The third-order valence-corrected chi connectivity index (χ3v) is 18.3. The largest absolute Gasteiger partial charge is 1.00 e. The van der Waals surface area contributed by atoms with Gasteiger partial charge in [-0.2, -0.15) is 40.1 Å². The smallest absolute Gasteiger partial charge is 0.744 e. The molecule has 6 N–H and O–H groups in total. The normalized spacial score (nSPS) is 12.0. The van der Waals surface area contributed by atoms with Crippen LogP contribution in [0, 0.1) is 0 Å². The Hall–Kier alpha value is -3.92. The first-order valence-corrected chi connectivity index (χ1v) is 34.4. The maximum Gasteiger partial charge on any atom is 1.00 e. The summed E-state index contributed by atoms with van der Waals surface area (Å²) in [6, 6.07) is 25.1. The van der Waals surface area contributed by atoms with Crippen molar-refractivity contribution in [2.75, 3.05) is 21.3 Å². The molecule has 0 aliphatic rings. The summed E-state index contributed by atoms with van der Waals surface area (Å²) in [7, 11) is -33.1. The van der Waals surface area contributed by atoms with E-state index in [0.29, 0.717) is 24.3 Å². The van der Waals surface area contributed by atoms with Gasteiger partial charge in [-0.1, -0.05) is 72.8 Å². The molecule has 100 heavy (non-hydrogen) atoms. The molecule has 0 unspecified atom stereocenters. The number of nitrogens with one attached hydrogen (secondary N) is 4. The van der Waals surface area contributed by atoms with Crippen molar-refractivity contribution in [3.63, 3.8) is 0 Å². The quantitative estimate of drug-likeness (QED) is 0.0179. The molecule has 48 heteroatoms. The van der Waals surface area contributed by atoms with Crippen LogP contribution < -0.4 is 199 Å². The molecular weight excluding hydrogens is 1540 g/mol. The van der Waals surface area contributed by atoms with Gasteiger partial charge in [0.1, 0.15) is 72.1 Å². The van der Waals surface area contributed by atoms with Crippen LogP contribution in [0.4, 0.5) is 69.3 Å². The van der Waals surface area contributed by atoms with Gasteiger partial charge in [0, 0.05) is 22.1 Å². The summed E-state index contributed by atoms with van der Waals surface area (Å²) in [4.78, 5) is 17.0. The van der Waals surface area contributed by atoms with Crippen LogP contribution in [-0.2, 0) is 60.7 Å². The number of benzene rings is 8. The molecular formula is C52H30Cl2N14Na6O20S6. The topological polar surface area (TPSA) is 559 Å². The minimum absolute atomic E-state index is 0. The van der Waals surface area contributed by atoms with Gasteiger partial charge in [-0.25, -0.2) is 50.5 Å². The molecule has 0 radical (unpaired) electrons. The van der Waals surface area contributed by atoms with Gasteiger partial charge in [0.2, 0.25) is 34.4 Å². The van der Waals surface area contributed by atoms with Crippen molar-refractivity contribution in [1.29, 1.82) is 0 Å². The van der Waals surface area contributed by atoms with E-state index in [4.69, 9.17) is 23.2 Å². The van der Waals surface area contributed by atoms with E-state index in [9.17, 15) is 88.0 Å². The standard InChI is InChI=1S/C52H36Cl2N14O20S6.6Na/c53-47-59-49(63-51(61-47)57-43-35(89(71,72)73)19-17-31-39(93(83,84)85)23-33(45(69)41(31)43)67-65-27-7-3-1-4-8-27)55-29-15-13-25(37(21-29)91(77,78)79)11-12-26-14-16-30(22-38(26)92(80,81)82)56-50-60-48(54)62-52(64-50)58-44-36(90(74,75)76)20-18-32-40(94(86,87)88)24-34(46(70)42(32)44)68-66-28-9-5-2-6-10-28;;;;;;/h1-24,69-70H,(H,71,72,73)(H,74,75,76)(H,77,78,79)(H,80,81,82)(H,83,84,85)(H,86,87,88)(H2,55,57,59,61,63)(H2,56,58,60,62,64);;;;;;/q;6*+1/p-6. The third kappa shape index (κ3) is 21.4. The summed E-state index contributed by atoms with van der Waals surface area (Å²) in [5.74, 6) is -4.74. The number of rotatable bonds is 20. The Bertz CT molecular complexity index is 5320. The molecule has 0 fully saturated rings. The summed E-state index contributed by atoms with van der Waals surface area (Å²) >= 11 is 12.4. The van der Waals surface area contributed by atoms with Crippen molar-refractivity contribution in [1.82, 2.24) is 29.9 Å². The number of aromatic hydroxyl groups is 2. The maximum absolute atomic E-state index is 12.8. The number of phenols is 2. The SMILES string of the molecule is O=S(=O)([O-])c1cc(Nc2nc(Cl)nc(Nc3c(S(=O)(=O)[O-])ccc4c(S(=O)(=O)[O-])cc(N=Nc5ccccc5)c(O)c34)n2)ccc1C=Cc1ccc(Nc2nc(Cl)nc(Nc3c(S(=O)(=O)[O-])ccc4c(S(=O)(=O)[O-])cc(N=Nc5ccccc5)c(O)c34)n2)cc1S(=O)(=O)[O-].[Na+].[Na+].[Na+].[Na+].[Na+].[Na+]. The molecule has 0 spiro atoms. The second-order valence-corrected chi connectivity index (χ2v) is 27.6. The van der Waals surface area contributed by atoms with Gasteiger partial charge in [-0.05, 0) is 107 Å². The predicted molar refractivity (Wildman–Crippen MR) is 325 cm³/mol. The zero-order valence-corrected chi connectivity index (χ0v) is 70.2. The van der Waals surface area contributed by atoms with E-state index in [-0.39, 0.29) is 200 Å². The number of hydrogen-bond donors (Lipinski definition) is 6. The summed E-state index contributed by atoms with van der Waals surface area (Å²) in [6.45, 7) is 0. The predicted octanol–water partition coefficient (Wildman–Crippen LogP) is -9.49. The van der Waals surface area contributed by atoms with E-state index in [0.717, 1.165) is 60.7 Å². The summed E-state index contributed by atoms with van der Waals surface area (Å²) in [5.41, 5.74) is -4.31. The van der Waals surface area contributed by atoms with Crippen LogP contribution in [0.3, 0.4) is 0 Å². The van der Waals surface area contributed by atoms with Gasteiger partial charge in [0.25, 0.3) is 0 Å². The molecule has 8 aromatic carbocycles. The number of phenolic OH excluding ortho intramolecular Hbond substituents is 2. The molecule has 0 amide bonds. The van der Waals surface area contributed by atoms with Crippen molar-refractivity contribution in [3.8, 4) is 11.5 Å². The van der Waals surface area contributed by atoms with Gasteiger partial charge in [-0.3, -0.25) is 0 Å². The number of fused-ring (bicyclic) bond motifs is 2. The van der Waals surface area contributed by atoms with Crippen molar-refractivity contribution >= 4 is 187 Å². The van der Waals surface area contributed by atoms with Crippen molar-refractivity contribution in [2.24, 2.45) is 20.5 Å². The summed E-state index contributed by atoms with van der Waals surface area (Å²) < 4.78 is 228. The number of halogens is 2. The maximum atomic E-state index is 12.8. The molecule has 2 heterocycles. The number of azo groups is 2. The molecule has 10 aromatic rings. The van der Waals surface area contributed by atoms with Crippen molar-refractivity contribution in [3.05, 3.63) is 155 Å². The second kappa shape index (κ2) is 35.4. The zero-order chi connectivity index (χ0) is 68.0. The minimum atomic E-state index is -5.57. The average Bonchev–Trinajstić information content (AvgIpc) is 0.746. The number of nitrogens with zero attached hydrogens (tertiary/aromatic N) is 10. The van der Waals surface area contributed by atoms with Crippen molar-refractivity contribution in [2.45, 2.75) is 29.4 Å². The molecule has 0 saturated heterocycles. The fourth-order valence-electron chi connectivity index (χ4n) is 8.83. The molecule has 34 nitrogen and oxygen atoms in total. The number of hydrogen-bond acceptors (Lipinski definition) is 34. The van der Waals surface area contributed by atoms with Gasteiger partial charge in [0.15, 0.2) is 11.5 Å². The van der Waals surface area contributed by atoms with Gasteiger partial charge >= 0.3 is 177 Å². The Balaban J connectivity index is 0.00000354. The molecule has 0 aliphatic heterocycles. The van der Waals surface area contributed by atoms with Crippen LogP contribution in [0.2, 0.25) is 10.6 Å². The molecule has 0 atom stereocenters. The van der Waals surface area contributed by atoms with Crippen LogP contribution in [-0.4, -0.2) is 118 Å². The summed E-state index contributed by atoms with van der Waals surface area (Å²) in [5, 5.41) is 44.0. The molecule has 0 saturated carbocycles. The average molecular weight is 1570 g/mol. The van der Waals surface area contributed by atoms with Crippen LogP contribution >= 0.6 is 23.2 Å². The molecule has 0 aliphatic carbocycles. The van der Waals surface area contributed by atoms with E-state index in [1.54, 1.807) is 36.4 Å². The minimum Gasteiger partial charge on any atom is -0.744 e. The van der Waals surface area contributed by atoms with Gasteiger partial charge in [-0.15, -0.1) is 10.2 Å². The molecule has 10 rings (SSSR count). The van der Waals surface area contributed by atoms with Crippen LogP contribution in [0.5, 0.6) is 11.5 Å². The Morgan fingerprint density at radius 3 is 0.950 bits per heavy atom. The summed E-state index contributed by atoms with van der Waals surface area (Å²) in [6.07, 6.45) is 1.84. The third-order valence-electron chi connectivity index (χ3n) is 12.7. The molecule has 0 bridgehead atoms. The van der Waals surface area contributed by atoms with Gasteiger partial charge < -0.3 is 58.8 Å². The fourth-order valence-corrected chi connectivity index (χ4v) is 13.2. The van der Waals surface area contributed by atoms with E-state index in [2.05, 4.69) is 71.6 Å². The van der Waals surface area contributed by atoms with E-state index < -0.39 is 191 Å². The Morgan fingerprint density at radius 1 is 0.350 bits per heavy atom. The fraction of sp³-hybridized carbons (Fsp3) is 0. The Labute approximate surface area is 709 Å².